The number of Topliss-reactive ketones (excluding diaryl/α,β-unsaturated/α-hetero) is 1. The molecule has 5 nitrogen and oxygen atoms in total. The van der Waals surface area contributed by atoms with E-state index in [-0.39, 0.29) is 16.7 Å². The van der Waals surface area contributed by atoms with Crippen molar-refractivity contribution < 1.29 is 23.8 Å². The van der Waals surface area contributed by atoms with E-state index in [9.17, 15) is 19.1 Å². The van der Waals surface area contributed by atoms with E-state index in [0.29, 0.717) is 23.1 Å². The molecule has 3 aromatic rings. The van der Waals surface area contributed by atoms with Gasteiger partial charge in [-0.15, -0.1) is 0 Å². The Morgan fingerprint density at radius 2 is 1.79 bits per heavy atom. The zero-order valence-electron chi connectivity index (χ0n) is 18.0. The number of benzene rings is 3. The summed E-state index contributed by atoms with van der Waals surface area (Å²) in [5, 5.41) is 11.5. The van der Waals surface area contributed by atoms with Crippen LogP contribution in [0.4, 0.5) is 10.1 Å². The van der Waals surface area contributed by atoms with E-state index in [1.54, 1.807) is 37.3 Å². The fourth-order valence-electron chi connectivity index (χ4n) is 3.87. The Morgan fingerprint density at radius 1 is 1.09 bits per heavy atom. The number of nitrogens with zero attached hydrogens (tertiary/aromatic N) is 1. The van der Waals surface area contributed by atoms with Crippen molar-refractivity contribution in [1.29, 1.82) is 0 Å². The highest BCUT2D eigenvalue weighted by Crippen LogP contribution is 2.43. The molecule has 1 amide bonds. The number of ether oxygens (including phenoxy) is 1. The van der Waals surface area contributed by atoms with Crippen LogP contribution in [-0.2, 0) is 9.59 Å². The standard InChI is InChI=1S/C26H21ClFNO4/c1-3-33-21-14-16(10-13-19(21)27)24(30)22-23(18-6-4-5-7-20(18)28)29(26(32)25(22)31)17-11-8-15(2)9-12-17/h4-14,23,30H,3H2,1-2H3/b24-22+. The Hall–Kier alpha value is -3.64. The normalized spacial score (nSPS) is 17.5. The molecule has 33 heavy (non-hydrogen) atoms. The number of aliphatic hydroxyl groups excluding tert-OH is 1. The maximum atomic E-state index is 14.9. The number of amides is 1. The molecule has 7 heteroatoms. The molecule has 1 saturated heterocycles. The van der Waals surface area contributed by atoms with Crippen LogP contribution in [0.15, 0.2) is 72.3 Å². The summed E-state index contributed by atoms with van der Waals surface area (Å²) in [6.07, 6.45) is 0. The van der Waals surface area contributed by atoms with Crippen molar-refractivity contribution in [3.63, 3.8) is 0 Å². The molecule has 1 N–H and O–H groups in total. The van der Waals surface area contributed by atoms with Crippen LogP contribution in [0.1, 0.15) is 29.7 Å². The van der Waals surface area contributed by atoms with Crippen LogP contribution in [0.2, 0.25) is 5.02 Å². The highest BCUT2D eigenvalue weighted by molar-refractivity contribution is 6.51. The molecule has 1 aliphatic rings. The third-order valence-electron chi connectivity index (χ3n) is 5.46. The number of aliphatic hydroxyl groups is 1. The molecule has 168 valence electrons. The van der Waals surface area contributed by atoms with Crippen molar-refractivity contribution in [2.75, 3.05) is 11.5 Å². The number of aryl methyl sites for hydroxylation is 1. The molecule has 0 aromatic heterocycles. The van der Waals surface area contributed by atoms with Gasteiger partial charge in [-0.2, -0.15) is 0 Å². The molecule has 4 rings (SSSR count). The summed E-state index contributed by atoms with van der Waals surface area (Å²) < 4.78 is 20.4. The van der Waals surface area contributed by atoms with Crippen LogP contribution >= 0.6 is 11.6 Å². The lowest BCUT2D eigenvalue weighted by Gasteiger charge is -2.26. The molecule has 3 aromatic carbocycles. The summed E-state index contributed by atoms with van der Waals surface area (Å²) in [6.45, 7) is 4.02. The van der Waals surface area contributed by atoms with Crippen LogP contribution in [-0.4, -0.2) is 23.4 Å². The van der Waals surface area contributed by atoms with Crippen LogP contribution in [0, 0.1) is 12.7 Å². The van der Waals surface area contributed by atoms with Crippen molar-refractivity contribution in [3.05, 3.63) is 99.8 Å². The number of carbonyl (C=O) groups excluding carboxylic acids is 2. The van der Waals surface area contributed by atoms with E-state index >= 15 is 0 Å². The van der Waals surface area contributed by atoms with Crippen molar-refractivity contribution >= 4 is 34.7 Å². The summed E-state index contributed by atoms with van der Waals surface area (Å²) in [5.74, 6) is -2.48. The monoisotopic (exact) mass is 465 g/mol. The summed E-state index contributed by atoms with van der Waals surface area (Å²) in [7, 11) is 0. The van der Waals surface area contributed by atoms with Crippen molar-refractivity contribution in [3.8, 4) is 5.75 Å². The van der Waals surface area contributed by atoms with Gasteiger partial charge in [-0.3, -0.25) is 14.5 Å². The molecule has 0 bridgehead atoms. The van der Waals surface area contributed by atoms with Crippen molar-refractivity contribution in [2.24, 2.45) is 0 Å². The predicted octanol–water partition coefficient (Wildman–Crippen LogP) is 5.81. The second-order valence-corrected chi connectivity index (χ2v) is 8.01. The number of hydrogen-bond donors (Lipinski definition) is 1. The second-order valence-electron chi connectivity index (χ2n) is 7.60. The minimum atomic E-state index is -1.15. The number of ketones is 1. The second kappa shape index (κ2) is 9.08. The first-order valence-electron chi connectivity index (χ1n) is 10.4. The van der Waals surface area contributed by atoms with Crippen molar-refractivity contribution in [2.45, 2.75) is 19.9 Å². The lowest BCUT2D eigenvalue weighted by molar-refractivity contribution is -0.132. The number of halogens is 2. The Balaban J connectivity index is 1.95. The summed E-state index contributed by atoms with van der Waals surface area (Å²) in [4.78, 5) is 27.5. The molecule has 0 spiro atoms. The first kappa shape index (κ1) is 22.6. The van der Waals surface area contributed by atoms with E-state index in [1.807, 2.05) is 6.92 Å². The van der Waals surface area contributed by atoms with Gasteiger partial charge in [0.2, 0.25) is 0 Å². The number of anilines is 1. The molecule has 0 radical (unpaired) electrons. The minimum absolute atomic E-state index is 0.0952. The van der Waals surface area contributed by atoms with Crippen molar-refractivity contribution in [1.82, 2.24) is 0 Å². The van der Waals surface area contributed by atoms with Crippen LogP contribution < -0.4 is 9.64 Å². The zero-order chi connectivity index (χ0) is 23.7. The first-order valence-corrected chi connectivity index (χ1v) is 10.8. The molecule has 1 aliphatic heterocycles. The topological polar surface area (TPSA) is 66.8 Å². The average Bonchev–Trinajstić information content (AvgIpc) is 3.06. The van der Waals surface area contributed by atoms with E-state index in [1.165, 1.54) is 41.3 Å². The average molecular weight is 466 g/mol. The number of carbonyl (C=O) groups is 2. The van der Waals surface area contributed by atoms with Crippen LogP contribution in [0.3, 0.4) is 0 Å². The van der Waals surface area contributed by atoms with Gasteiger partial charge in [0.1, 0.15) is 17.3 Å². The number of hydrogen-bond acceptors (Lipinski definition) is 4. The van der Waals surface area contributed by atoms with Gasteiger partial charge in [0, 0.05) is 16.8 Å². The Kier molecular flexibility index (Phi) is 6.20. The Bertz CT molecular complexity index is 1270. The van der Waals surface area contributed by atoms with Gasteiger partial charge in [0.25, 0.3) is 11.7 Å². The SMILES string of the molecule is CCOc1cc(/C(O)=C2\C(=O)C(=O)N(c3ccc(C)cc3)C2c2ccccc2F)ccc1Cl. The molecule has 0 saturated carbocycles. The van der Waals surface area contributed by atoms with E-state index in [4.69, 9.17) is 16.3 Å². The highest BCUT2D eigenvalue weighted by Gasteiger charge is 2.47. The Morgan fingerprint density at radius 3 is 2.45 bits per heavy atom. The summed E-state index contributed by atoms with van der Waals surface area (Å²) in [5.41, 5.74) is 1.49. The molecule has 1 fully saturated rings. The molecule has 0 aliphatic carbocycles. The van der Waals surface area contributed by atoms with Gasteiger partial charge in [-0.1, -0.05) is 47.5 Å². The predicted molar refractivity (Wildman–Crippen MR) is 125 cm³/mol. The first-order chi connectivity index (χ1) is 15.8. The molecule has 1 atom stereocenters. The molecule has 1 heterocycles. The quantitative estimate of drug-likeness (QED) is 0.293. The minimum Gasteiger partial charge on any atom is -0.507 e. The van der Waals surface area contributed by atoms with Gasteiger partial charge in [0.05, 0.1) is 23.2 Å². The van der Waals surface area contributed by atoms with Gasteiger partial charge in [-0.25, -0.2) is 4.39 Å². The third kappa shape index (κ3) is 4.10. The zero-order valence-corrected chi connectivity index (χ0v) is 18.8. The fraction of sp³-hybridized carbons (Fsp3) is 0.154. The van der Waals surface area contributed by atoms with Gasteiger partial charge in [0.15, 0.2) is 0 Å². The largest absolute Gasteiger partial charge is 0.507 e. The smallest absolute Gasteiger partial charge is 0.300 e. The van der Waals surface area contributed by atoms with E-state index < -0.39 is 29.3 Å². The van der Waals surface area contributed by atoms with Crippen LogP contribution in [0.5, 0.6) is 5.75 Å². The summed E-state index contributed by atoms with van der Waals surface area (Å²) >= 11 is 6.15. The highest BCUT2D eigenvalue weighted by atomic mass is 35.5. The van der Waals surface area contributed by atoms with E-state index in [0.717, 1.165) is 5.56 Å². The van der Waals surface area contributed by atoms with E-state index in [2.05, 4.69) is 0 Å². The molecular weight excluding hydrogens is 445 g/mol. The number of rotatable bonds is 5. The molecular formula is C26H21ClFNO4. The fourth-order valence-corrected chi connectivity index (χ4v) is 4.04. The van der Waals surface area contributed by atoms with Gasteiger partial charge >= 0.3 is 0 Å². The van der Waals surface area contributed by atoms with Gasteiger partial charge < -0.3 is 9.84 Å². The van der Waals surface area contributed by atoms with Crippen LogP contribution in [0.25, 0.3) is 5.76 Å². The maximum Gasteiger partial charge on any atom is 0.300 e. The van der Waals surface area contributed by atoms with Gasteiger partial charge in [-0.05, 0) is 50.2 Å². The third-order valence-corrected chi connectivity index (χ3v) is 5.77. The Labute approximate surface area is 195 Å². The maximum absolute atomic E-state index is 14.9. The molecule has 1 unspecified atom stereocenters. The summed E-state index contributed by atoms with van der Waals surface area (Å²) in [6, 6.07) is 16.2. The lowest BCUT2D eigenvalue weighted by Crippen LogP contribution is -2.29. The lowest BCUT2D eigenvalue weighted by atomic mass is 9.94.